The molecule has 7 nitrogen and oxygen atoms in total. The lowest BCUT2D eigenvalue weighted by Gasteiger charge is -2.36. The number of hydrogen-bond donors (Lipinski definition) is 2. The molecule has 7 heteroatoms. The van der Waals surface area contributed by atoms with Gasteiger partial charge in [-0.3, -0.25) is 14.8 Å². The molecule has 0 radical (unpaired) electrons. The quantitative estimate of drug-likeness (QED) is 0.361. The number of anilines is 1. The molecule has 1 aromatic rings. The van der Waals surface area contributed by atoms with Crippen LogP contribution in [0.25, 0.3) is 0 Å². The second-order valence-electron chi connectivity index (χ2n) is 8.16. The second kappa shape index (κ2) is 12.8. The Balaban J connectivity index is 1.31. The number of nitrogens with zero attached hydrogens (tertiary/aromatic N) is 4. The minimum Gasteiger partial charge on any atom is -0.379 e. The minimum atomic E-state index is 0.855. The predicted octanol–water partition coefficient (Wildman–Crippen LogP) is 1.39. The smallest absolute Gasteiger partial charge is 0.191 e. The first kappa shape index (κ1) is 22.8. The van der Waals surface area contributed by atoms with E-state index in [2.05, 4.69) is 63.4 Å². The lowest BCUT2D eigenvalue weighted by molar-refractivity contribution is 0.0389. The average Bonchev–Trinajstić information content (AvgIpc) is 2.78. The van der Waals surface area contributed by atoms with Gasteiger partial charge in [0.1, 0.15) is 0 Å². The Morgan fingerprint density at radius 3 is 2.50 bits per heavy atom. The van der Waals surface area contributed by atoms with E-state index in [1.54, 1.807) is 0 Å². The van der Waals surface area contributed by atoms with Crippen LogP contribution in [0.4, 0.5) is 5.69 Å². The van der Waals surface area contributed by atoms with Gasteiger partial charge in [-0.05, 0) is 38.0 Å². The zero-order valence-electron chi connectivity index (χ0n) is 18.9. The van der Waals surface area contributed by atoms with Crippen LogP contribution in [-0.4, -0.2) is 101 Å². The summed E-state index contributed by atoms with van der Waals surface area (Å²) >= 11 is 0. The number of piperazine rings is 1. The molecule has 0 aliphatic carbocycles. The highest BCUT2D eigenvalue weighted by molar-refractivity contribution is 5.79. The van der Waals surface area contributed by atoms with Crippen LogP contribution < -0.4 is 15.5 Å². The first-order valence-electron chi connectivity index (χ1n) is 11.6. The summed E-state index contributed by atoms with van der Waals surface area (Å²) in [5.74, 6) is 0.940. The maximum atomic E-state index is 5.41. The highest BCUT2D eigenvalue weighted by Gasteiger charge is 2.16. The number of aliphatic imine (C=N–C) groups is 1. The predicted molar refractivity (Wildman–Crippen MR) is 126 cm³/mol. The lowest BCUT2D eigenvalue weighted by Crippen LogP contribution is -2.46. The summed E-state index contributed by atoms with van der Waals surface area (Å²) in [4.78, 5) is 12.3. The van der Waals surface area contributed by atoms with Gasteiger partial charge in [0.05, 0.1) is 13.2 Å². The van der Waals surface area contributed by atoms with Crippen LogP contribution in [0.3, 0.4) is 0 Å². The zero-order chi connectivity index (χ0) is 21.0. The third-order valence-corrected chi connectivity index (χ3v) is 5.81. The number of hydrogen-bond acceptors (Lipinski definition) is 5. The molecular formula is C23H40N6O. The maximum Gasteiger partial charge on any atom is 0.191 e. The molecule has 2 fully saturated rings. The van der Waals surface area contributed by atoms with Crippen molar-refractivity contribution < 1.29 is 4.74 Å². The molecule has 1 aromatic carbocycles. The molecule has 2 heterocycles. The van der Waals surface area contributed by atoms with Crippen LogP contribution in [0.2, 0.25) is 0 Å². The average molecular weight is 417 g/mol. The topological polar surface area (TPSA) is 55.4 Å². The summed E-state index contributed by atoms with van der Waals surface area (Å²) in [7, 11) is 0. The van der Waals surface area contributed by atoms with Crippen LogP contribution in [0.1, 0.15) is 18.9 Å². The number of benzene rings is 1. The molecule has 3 rings (SSSR count). The minimum absolute atomic E-state index is 0.855. The van der Waals surface area contributed by atoms with E-state index in [0.717, 1.165) is 97.6 Å². The molecular weight excluding hydrogens is 376 g/mol. The number of aryl methyl sites for hydroxylation is 1. The molecule has 30 heavy (non-hydrogen) atoms. The number of ether oxygens (including phenoxy) is 1. The Labute approximate surface area is 182 Å². The number of guanidine groups is 1. The second-order valence-corrected chi connectivity index (χ2v) is 8.16. The van der Waals surface area contributed by atoms with Crippen molar-refractivity contribution in [2.45, 2.75) is 20.3 Å². The molecule has 0 saturated carbocycles. The fourth-order valence-corrected chi connectivity index (χ4v) is 4.04. The molecule has 2 saturated heterocycles. The van der Waals surface area contributed by atoms with Gasteiger partial charge in [-0.25, -0.2) is 0 Å². The monoisotopic (exact) mass is 416 g/mol. The van der Waals surface area contributed by atoms with Crippen LogP contribution in [-0.2, 0) is 4.74 Å². The Kier molecular flexibility index (Phi) is 9.73. The van der Waals surface area contributed by atoms with Crippen molar-refractivity contribution in [3.63, 3.8) is 0 Å². The Morgan fingerprint density at radius 2 is 1.77 bits per heavy atom. The fraction of sp³-hybridized carbons (Fsp3) is 0.696. The van der Waals surface area contributed by atoms with E-state index in [0.29, 0.717) is 0 Å². The molecule has 2 aliphatic heterocycles. The van der Waals surface area contributed by atoms with E-state index in [4.69, 9.17) is 9.73 Å². The van der Waals surface area contributed by atoms with Gasteiger partial charge in [0.2, 0.25) is 0 Å². The fourth-order valence-electron chi connectivity index (χ4n) is 4.04. The molecule has 2 N–H and O–H groups in total. The Bertz CT molecular complexity index is 638. The molecule has 0 atom stereocenters. The SMILES string of the molecule is CCNC(=NCCCN1CCN(c2cccc(C)c2)CC1)NCCN1CCOCC1. The number of morpholine rings is 1. The van der Waals surface area contributed by atoms with Gasteiger partial charge in [0.25, 0.3) is 0 Å². The highest BCUT2D eigenvalue weighted by atomic mass is 16.5. The number of rotatable bonds is 9. The summed E-state index contributed by atoms with van der Waals surface area (Å²) in [6.45, 7) is 17.4. The molecule has 0 spiro atoms. The molecule has 168 valence electrons. The summed E-state index contributed by atoms with van der Waals surface area (Å²) in [5.41, 5.74) is 2.69. The zero-order valence-corrected chi connectivity index (χ0v) is 18.9. The van der Waals surface area contributed by atoms with E-state index in [9.17, 15) is 0 Å². The lowest BCUT2D eigenvalue weighted by atomic mass is 10.2. The third-order valence-electron chi connectivity index (χ3n) is 5.81. The summed E-state index contributed by atoms with van der Waals surface area (Å²) in [6, 6.07) is 8.84. The van der Waals surface area contributed by atoms with E-state index >= 15 is 0 Å². The molecule has 0 amide bonds. The van der Waals surface area contributed by atoms with Crippen molar-refractivity contribution in [3.8, 4) is 0 Å². The maximum absolute atomic E-state index is 5.41. The summed E-state index contributed by atoms with van der Waals surface area (Å²) < 4.78 is 5.41. The van der Waals surface area contributed by atoms with Crippen molar-refractivity contribution in [1.82, 2.24) is 20.4 Å². The van der Waals surface area contributed by atoms with E-state index in [-0.39, 0.29) is 0 Å². The van der Waals surface area contributed by atoms with E-state index in [1.165, 1.54) is 11.3 Å². The standard InChI is InChI=1S/C23H40N6O/c1-3-24-23(26-9-11-28-16-18-30-19-17-28)25-8-5-10-27-12-14-29(15-13-27)22-7-4-6-21(2)20-22/h4,6-7,20H,3,5,8-19H2,1-2H3,(H2,24,25,26). The van der Waals surface area contributed by atoms with Gasteiger partial charge < -0.3 is 20.3 Å². The normalized spacial score (nSPS) is 19.1. The van der Waals surface area contributed by atoms with Crippen molar-refractivity contribution in [2.75, 3.05) is 90.1 Å². The summed E-state index contributed by atoms with van der Waals surface area (Å²) in [5, 5.41) is 6.83. The van der Waals surface area contributed by atoms with Crippen LogP contribution in [0.5, 0.6) is 0 Å². The Morgan fingerprint density at radius 1 is 1.00 bits per heavy atom. The van der Waals surface area contributed by atoms with Gasteiger partial charge in [-0.1, -0.05) is 12.1 Å². The molecule has 0 aromatic heterocycles. The van der Waals surface area contributed by atoms with Gasteiger partial charge in [0.15, 0.2) is 5.96 Å². The van der Waals surface area contributed by atoms with Crippen molar-refractivity contribution in [3.05, 3.63) is 29.8 Å². The molecule has 2 aliphatic rings. The van der Waals surface area contributed by atoms with E-state index < -0.39 is 0 Å². The van der Waals surface area contributed by atoms with Gasteiger partial charge in [-0.15, -0.1) is 0 Å². The van der Waals surface area contributed by atoms with Gasteiger partial charge in [-0.2, -0.15) is 0 Å². The molecule has 0 bridgehead atoms. The van der Waals surface area contributed by atoms with Gasteiger partial charge in [0, 0.05) is 77.7 Å². The molecule has 0 unspecified atom stereocenters. The van der Waals surface area contributed by atoms with Crippen LogP contribution >= 0.6 is 0 Å². The highest BCUT2D eigenvalue weighted by Crippen LogP contribution is 2.17. The largest absolute Gasteiger partial charge is 0.379 e. The Hall–Kier alpha value is -1.83. The van der Waals surface area contributed by atoms with Gasteiger partial charge >= 0.3 is 0 Å². The van der Waals surface area contributed by atoms with Crippen LogP contribution in [0.15, 0.2) is 29.3 Å². The first-order valence-corrected chi connectivity index (χ1v) is 11.6. The first-order chi connectivity index (χ1) is 14.7. The van der Waals surface area contributed by atoms with Crippen molar-refractivity contribution in [1.29, 1.82) is 0 Å². The number of nitrogens with one attached hydrogen (secondary N) is 2. The van der Waals surface area contributed by atoms with Crippen molar-refractivity contribution in [2.24, 2.45) is 4.99 Å². The summed E-state index contributed by atoms with van der Waals surface area (Å²) in [6.07, 6.45) is 1.10. The van der Waals surface area contributed by atoms with Crippen molar-refractivity contribution >= 4 is 11.6 Å². The van der Waals surface area contributed by atoms with E-state index in [1.807, 2.05) is 0 Å². The third kappa shape index (κ3) is 7.78. The van der Waals surface area contributed by atoms with Crippen LogP contribution in [0, 0.1) is 6.92 Å².